The van der Waals surface area contributed by atoms with Gasteiger partial charge in [-0.25, -0.2) is 4.21 Å². The fraction of sp³-hybridized carbons (Fsp3) is 0.188. The normalized spacial score (nSPS) is 13.1. The fourth-order valence-electron chi connectivity index (χ4n) is 1.92. The SMILES string of the molecule is COc1ccc(S(=O)Nc2ccc(CC(N)C(=O)O)cc2)cc1. The molecule has 4 N–H and O–H groups in total. The second kappa shape index (κ2) is 7.75. The number of carboxylic acids is 1. The van der Waals surface area contributed by atoms with Crippen LogP contribution < -0.4 is 15.2 Å². The molecule has 7 heteroatoms. The fourth-order valence-corrected chi connectivity index (χ4v) is 2.77. The Morgan fingerprint density at radius 1 is 1.22 bits per heavy atom. The van der Waals surface area contributed by atoms with Crippen LogP contribution in [0.5, 0.6) is 5.75 Å². The largest absolute Gasteiger partial charge is 0.497 e. The van der Waals surface area contributed by atoms with Crippen LogP contribution >= 0.6 is 0 Å². The zero-order chi connectivity index (χ0) is 16.8. The molecule has 0 radical (unpaired) electrons. The van der Waals surface area contributed by atoms with Crippen molar-refractivity contribution in [3.05, 3.63) is 54.1 Å². The van der Waals surface area contributed by atoms with Crippen LogP contribution in [0.2, 0.25) is 0 Å². The van der Waals surface area contributed by atoms with E-state index in [9.17, 15) is 9.00 Å². The predicted octanol–water partition coefficient (Wildman–Crippen LogP) is 1.78. The number of nitrogens with one attached hydrogen (secondary N) is 1. The number of anilines is 1. The number of rotatable bonds is 7. The molecule has 2 atom stereocenters. The van der Waals surface area contributed by atoms with Crippen molar-refractivity contribution in [2.75, 3.05) is 11.8 Å². The number of hydrogen-bond acceptors (Lipinski definition) is 4. The summed E-state index contributed by atoms with van der Waals surface area (Å²) in [4.78, 5) is 11.4. The van der Waals surface area contributed by atoms with Crippen molar-refractivity contribution >= 4 is 22.6 Å². The van der Waals surface area contributed by atoms with E-state index in [1.54, 1.807) is 55.6 Å². The minimum absolute atomic E-state index is 0.247. The lowest BCUT2D eigenvalue weighted by molar-refractivity contribution is -0.138. The second-order valence-electron chi connectivity index (χ2n) is 4.89. The van der Waals surface area contributed by atoms with Gasteiger partial charge in [-0.15, -0.1) is 0 Å². The molecule has 0 saturated carbocycles. The maximum absolute atomic E-state index is 12.2. The highest BCUT2D eigenvalue weighted by Crippen LogP contribution is 2.17. The molecule has 0 aromatic heterocycles. The Hall–Kier alpha value is -2.38. The molecule has 6 nitrogen and oxygen atoms in total. The van der Waals surface area contributed by atoms with E-state index in [0.29, 0.717) is 16.3 Å². The summed E-state index contributed by atoms with van der Waals surface area (Å²) in [5.74, 6) is -0.335. The van der Waals surface area contributed by atoms with Crippen molar-refractivity contribution in [3.8, 4) is 5.75 Å². The maximum Gasteiger partial charge on any atom is 0.320 e. The Morgan fingerprint density at radius 2 is 1.83 bits per heavy atom. The third-order valence-corrected chi connectivity index (χ3v) is 4.33. The molecule has 0 aliphatic carbocycles. The number of carboxylic acid groups (broad SMARTS) is 1. The molecule has 0 fully saturated rings. The molecule has 0 aliphatic rings. The van der Waals surface area contributed by atoms with Crippen molar-refractivity contribution in [2.45, 2.75) is 17.4 Å². The van der Waals surface area contributed by atoms with E-state index >= 15 is 0 Å². The first kappa shape index (κ1) is 17.0. The van der Waals surface area contributed by atoms with Gasteiger partial charge in [0.1, 0.15) is 22.8 Å². The van der Waals surface area contributed by atoms with Crippen LogP contribution in [0.3, 0.4) is 0 Å². The number of nitrogens with two attached hydrogens (primary N) is 1. The lowest BCUT2D eigenvalue weighted by Gasteiger charge is -2.09. The van der Waals surface area contributed by atoms with Gasteiger partial charge < -0.3 is 20.3 Å². The lowest BCUT2D eigenvalue weighted by Crippen LogP contribution is -2.32. The van der Waals surface area contributed by atoms with Gasteiger partial charge in [-0.3, -0.25) is 4.79 Å². The van der Waals surface area contributed by atoms with Crippen LogP contribution in [0, 0.1) is 0 Å². The van der Waals surface area contributed by atoms with Crippen molar-refractivity contribution in [3.63, 3.8) is 0 Å². The van der Waals surface area contributed by atoms with Crippen LogP contribution in [-0.4, -0.2) is 28.4 Å². The third kappa shape index (κ3) is 4.80. The van der Waals surface area contributed by atoms with Crippen LogP contribution in [0.4, 0.5) is 5.69 Å². The third-order valence-electron chi connectivity index (χ3n) is 3.21. The molecule has 23 heavy (non-hydrogen) atoms. The Bertz CT molecular complexity index is 686. The summed E-state index contributed by atoms with van der Waals surface area (Å²) >= 11 is 0. The number of carbonyl (C=O) groups is 1. The van der Waals surface area contributed by atoms with Gasteiger partial charge in [0, 0.05) is 5.69 Å². The maximum atomic E-state index is 12.2. The smallest absolute Gasteiger partial charge is 0.320 e. The zero-order valence-electron chi connectivity index (χ0n) is 12.6. The van der Waals surface area contributed by atoms with E-state index in [0.717, 1.165) is 5.56 Å². The van der Waals surface area contributed by atoms with Crippen LogP contribution in [-0.2, 0) is 22.2 Å². The van der Waals surface area contributed by atoms with Gasteiger partial charge in [-0.2, -0.15) is 0 Å². The molecule has 122 valence electrons. The molecule has 0 spiro atoms. The number of ether oxygens (including phenoxy) is 1. The average molecular weight is 334 g/mol. The van der Waals surface area contributed by atoms with E-state index in [4.69, 9.17) is 15.6 Å². The number of hydrogen-bond donors (Lipinski definition) is 3. The van der Waals surface area contributed by atoms with Gasteiger partial charge in [0.05, 0.1) is 12.0 Å². The molecule has 0 bridgehead atoms. The molecule has 2 rings (SSSR count). The molecule has 0 saturated heterocycles. The summed E-state index contributed by atoms with van der Waals surface area (Å²) in [7, 11) is 0.178. The first-order chi connectivity index (χ1) is 11.0. The zero-order valence-corrected chi connectivity index (χ0v) is 13.4. The highest BCUT2D eigenvalue weighted by Gasteiger charge is 2.12. The molecule has 2 aromatic carbocycles. The van der Waals surface area contributed by atoms with Crippen LogP contribution in [0.25, 0.3) is 0 Å². The molecule has 0 aliphatic heterocycles. The molecular formula is C16H18N2O4S. The van der Waals surface area contributed by atoms with Crippen molar-refractivity contribution in [2.24, 2.45) is 5.73 Å². The van der Waals surface area contributed by atoms with E-state index in [1.807, 2.05) is 0 Å². The first-order valence-electron chi connectivity index (χ1n) is 6.89. The summed E-state index contributed by atoms with van der Waals surface area (Å²) in [6, 6.07) is 13.0. The van der Waals surface area contributed by atoms with Crippen molar-refractivity contribution in [1.82, 2.24) is 0 Å². The molecule has 2 unspecified atom stereocenters. The van der Waals surface area contributed by atoms with E-state index < -0.39 is 23.0 Å². The van der Waals surface area contributed by atoms with Gasteiger partial charge in [0.2, 0.25) is 0 Å². The number of benzene rings is 2. The lowest BCUT2D eigenvalue weighted by atomic mass is 10.1. The van der Waals surface area contributed by atoms with Crippen molar-refractivity contribution in [1.29, 1.82) is 0 Å². The van der Waals surface area contributed by atoms with Gasteiger partial charge in [-0.05, 0) is 48.4 Å². The Kier molecular flexibility index (Phi) is 5.72. The second-order valence-corrected chi connectivity index (χ2v) is 6.11. The highest BCUT2D eigenvalue weighted by molar-refractivity contribution is 7.86. The van der Waals surface area contributed by atoms with Gasteiger partial charge in [-0.1, -0.05) is 12.1 Å². The van der Waals surface area contributed by atoms with Crippen LogP contribution in [0.1, 0.15) is 5.56 Å². The van der Waals surface area contributed by atoms with E-state index in [2.05, 4.69) is 4.72 Å². The van der Waals surface area contributed by atoms with E-state index in [1.165, 1.54) is 0 Å². The Labute approximate surface area is 136 Å². The quantitative estimate of drug-likeness (QED) is 0.716. The Morgan fingerprint density at radius 3 is 2.35 bits per heavy atom. The summed E-state index contributed by atoms with van der Waals surface area (Å²) in [6.45, 7) is 0. The monoisotopic (exact) mass is 334 g/mol. The molecule has 0 heterocycles. The number of aliphatic carboxylic acids is 1. The molecule has 0 amide bonds. The van der Waals surface area contributed by atoms with Gasteiger partial charge in [0.25, 0.3) is 0 Å². The molecule has 2 aromatic rings. The summed E-state index contributed by atoms with van der Waals surface area (Å²) in [5, 5.41) is 8.79. The standard InChI is InChI=1S/C16H18N2O4S/c1-22-13-6-8-14(9-7-13)23(21)18-12-4-2-11(3-5-12)10-15(17)16(19)20/h2-9,15,18H,10,17H2,1H3,(H,19,20). The van der Waals surface area contributed by atoms with Gasteiger partial charge >= 0.3 is 5.97 Å². The predicted molar refractivity (Wildman–Crippen MR) is 88.8 cm³/mol. The topological polar surface area (TPSA) is 102 Å². The minimum Gasteiger partial charge on any atom is -0.497 e. The van der Waals surface area contributed by atoms with Crippen molar-refractivity contribution < 1.29 is 18.8 Å². The average Bonchev–Trinajstić information content (AvgIpc) is 2.56. The van der Waals surface area contributed by atoms with Crippen LogP contribution in [0.15, 0.2) is 53.4 Å². The minimum atomic E-state index is -1.39. The van der Waals surface area contributed by atoms with Gasteiger partial charge in [0.15, 0.2) is 0 Å². The first-order valence-corrected chi connectivity index (χ1v) is 8.04. The highest BCUT2D eigenvalue weighted by atomic mass is 32.2. The summed E-state index contributed by atoms with van der Waals surface area (Å²) < 4.78 is 20.2. The molecular weight excluding hydrogens is 316 g/mol. The summed E-state index contributed by atoms with van der Waals surface area (Å²) in [5.41, 5.74) is 6.97. The van der Waals surface area contributed by atoms with E-state index in [-0.39, 0.29) is 6.42 Å². The summed E-state index contributed by atoms with van der Waals surface area (Å²) in [6.07, 6.45) is 0.247. The Balaban J connectivity index is 1.99. The number of methoxy groups -OCH3 is 1.